The number of ether oxygens (including phenoxy) is 3. The Balaban J connectivity index is 2.43. The van der Waals surface area contributed by atoms with Crippen molar-refractivity contribution in [3.8, 4) is 5.75 Å². The molecule has 0 saturated carbocycles. The second-order valence-electron chi connectivity index (χ2n) is 3.67. The van der Waals surface area contributed by atoms with Gasteiger partial charge in [-0.05, 0) is 24.3 Å². The first kappa shape index (κ1) is 15.0. The minimum atomic E-state index is -0.572. The zero-order chi connectivity index (χ0) is 14.1. The molecule has 0 atom stereocenters. The third-order valence-corrected chi connectivity index (χ3v) is 2.23. The molecule has 104 valence electrons. The normalized spacial score (nSPS) is 9.79. The van der Waals surface area contributed by atoms with Gasteiger partial charge in [-0.3, -0.25) is 9.59 Å². The van der Waals surface area contributed by atoms with E-state index in [0.717, 1.165) is 0 Å². The van der Waals surface area contributed by atoms with Gasteiger partial charge in [-0.1, -0.05) is 0 Å². The molecular weight excluding hydrogens is 250 g/mol. The van der Waals surface area contributed by atoms with Crippen LogP contribution in [-0.4, -0.2) is 39.3 Å². The van der Waals surface area contributed by atoms with Crippen molar-refractivity contribution in [3.63, 3.8) is 0 Å². The zero-order valence-electron chi connectivity index (χ0n) is 11.0. The topological polar surface area (TPSA) is 73.9 Å². The SMILES string of the molecule is COCCOc1ccc(NC(=O)CC(=O)OC)cc1. The highest BCUT2D eigenvalue weighted by atomic mass is 16.5. The van der Waals surface area contributed by atoms with Gasteiger partial charge < -0.3 is 19.5 Å². The molecule has 6 nitrogen and oxygen atoms in total. The molecule has 1 N–H and O–H groups in total. The fraction of sp³-hybridized carbons (Fsp3) is 0.385. The van der Waals surface area contributed by atoms with Crippen LogP contribution in [0.2, 0.25) is 0 Å². The molecule has 0 heterocycles. The van der Waals surface area contributed by atoms with E-state index < -0.39 is 11.9 Å². The summed E-state index contributed by atoms with van der Waals surface area (Å²) in [5.41, 5.74) is 0.591. The van der Waals surface area contributed by atoms with E-state index >= 15 is 0 Å². The molecule has 1 rings (SSSR count). The predicted molar refractivity (Wildman–Crippen MR) is 69.1 cm³/mol. The molecular formula is C13H17NO5. The number of carbonyl (C=O) groups excluding carboxylic acids is 2. The molecule has 1 amide bonds. The lowest BCUT2D eigenvalue weighted by molar-refractivity contribution is -0.142. The van der Waals surface area contributed by atoms with E-state index in [9.17, 15) is 9.59 Å². The number of esters is 1. The molecule has 0 aliphatic carbocycles. The van der Waals surface area contributed by atoms with E-state index in [1.165, 1.54) is 7.11 Å². The Labute approximate surface area is 111 Å². The summed E-state index contributed by atoms with van der Waals surface area (Å²) in [4.78, 5) is 22.3. The third-order valence-electron chi connectivity index (χ3n) is 2.23. The number of nitrogens with one attached hydrogen (secondary N) is 1. The Kier molecular flexibility index (Phi) is 6.38. The fourth-order valence-electron chi connectivity index (χ4n) is 1.29. The predicted octanol–water partition coefficient (Wildman–Crippen LogP) is 1.21. The first-order valence-corrected chi connectivity index (χ1v) is 5.74. The largest absolute Gasteiger partial charge is 0.491 e. The van der Waals surface area contributed by atoms with Gasteiger partial charge >= 0.3 is 5.97 Å². The minimum absolute atomic E-state index is 0.303. The quantitative estimate of drug-likeness (QED) is 0.456. The molecule has 0 unspecified atom stereocenters. The van der Waals surface area contributed by atoms with Crippen LogP contribution < -0.4 is 10.1 Å². The van der Waals surface area contributed by atoms with E-state index in [1.54, 1.807) is 31.4 Å². The van der Waals surface area contributed by atoms with Gasteiger partial charge in [0.15, 0.2) is 0 Å². The van der Waals surface area contributed by atoms with E-state index in [4.69, 9.17) is 9.47 Å². The van der Waals surface area contributed by atoms with Gasteiger partial charge in [0.25, 0.3) is 0 Å². The molecule has 1 aromatic carbocycles. The Bertz CT molecular complexity index is 416. The van der Waals surface area contributed by atoms with Crippen molar-refractivity contribution in [1.82, 2.24) is 0 Å². The Morgan fingerprint density at radius 2 is 1.79 bits per heavy atom. The number of hydrogen-bond donors (Lipinski definition) is 1. The molecule has 0 aromatic heterocycles. The summed E-state index contributed by atoms with van der Waals surface area (Å²) in [5.74, 6) is -0.306. The van der Waals surface area contributed by atoms with Crippen molar-refractivity contribution in [3.05, 3.63) is 24.3 Å². The lowest BCUT2D eigenvalue weighted by Gasteiger charge is -2.07. The monoisotopic (exact) mass is 267 g/mol. The molecule has 0 bridgehead atoms. The van der Waals surface area contributed by atoms with Gasteiger partial charge in [0.05, 0.1) is 13.7 Å². The molecule has 0 spiro atoms. The van der Waals surface area contributed by atoms with Crippen LogP contribution in [0.4, 0.5) is 5.69 Å². The highest BCUT2D eigenvalue weighted by molar-refractivity contribution is 6.01. The summed E-state index contributed by atoms with van der Waals surface area (Å²) >= 11 is 0. The maximum atomic E-state index is 11.4. The summed E-state index contributed by atoms with van der Waals surface area (Å²) in [6, 6.07) is 6.83. The van der Waals surface area contributed by atoms with Gasteiger partial charge in [-0.2, -0.15) is 0 Å². The van der Waals surface area contributed by atoms with Crippen LogP contribution in [-0.2, 0) is 19.1 Å². The van der Waals surface area contributed by atoms with Crippen LogP contribution >= 0.6 is 0 Å². The third kappa shape index (κ3) is 5.87. The Morgan fingerprint density at radius 3 is 2.37 bits per heavy atom. The number of carbonyl (C=O) groups is 2. The summed E-state index contributed by atoms with van der Waals surface area (Å²) in [6.45, 7) is 0.974. The van der Waals surface area contributed by atoms with Crippen molar-refractivity contribution in [2.45, 2.75) is 6.42 Å². The molecule has 1 aromatic rings. The fourth-order valence-corrected chi connectivity index (χ4v) is 1.29. The summed E-state index contributed by atoms with van der Waals surface area (Å²) in [5, 5.41) is 2.58. The van der Waals surface area contributed by atoms with E-state index in [1.807, 2.05) is 0 Å². The van der Waals surface area contributed by atoms with Gasteiger partial charge in [0, 0.05) is 12.8 Å². The molecule has 19 heavy (non-hydrogen) atoms. The standard InChI is InChI=1S/C13H17NO5/c1-17-7-8-19-11-5-3-10(4-6-11)14-12(15)9-13(16)18-2/h3-6H,7-9H2,1-2H3,(H,14,15). The Morgan fingerprint density at radius 1 is 1.11 bits per heavy atom. The number of benzene rings is 1. The minimum Gasteiger partial charge on any atom is -0.491 e. The van der Waals surface area contributed by atoms with Crippen molar-refractivity contribution < 1.29 is 23.8 Å². The van der Waals surface area contributed by atoms with Crippen molar-refractivity contribution >= 4 is 17.6 Å². The van der Waals surface area contributed by atoms with Gasteiger partial charge in [-0.25, -0.2) is 0 Å². The second kappa shape index (κ2) is 8.10. The lowest BCUT2D eigenvalue weighted by atomic mass is 10.3. The molecule has 0 aliphatic rings. The van der Waals surface area contributed by atoms with E-state index in [2.05, 4.69) is 10.1 Å². The molecule has 0 aliphatic heterocycles. The van der Waals surface area contributed by atoms with Crippen LogP contribution in [0.25, 0.3) is 0 Å². The van der Waals surface area contributed by atoms with Gasteiger partial charge in [-0.15, -0.1) is 0 Å². The molecule has 6 heteroatoms. The van der Waals surface area contributed by atoms with Gasteiger partial charge in [0.2, 0.25) is 5.91 Å². The smallest absolute Gasteiger partial charge is 0.315 e. The molecule has 0 radical (unpaired) electrons. The summed E-state index contributed by atoms with van der Waals surface area (Å²) in [7, 11) is 2.84. The van der Waals surface area contributed by atoms with Crippen molar-refractivity contribution in [2.75, 3.05) is 32.8 Å². The second-order valence-corrected chi connectivity index (χ2v) is 3.67. The highest BCUT2D eigenvalue weighted by Crippen LogP contribution is 2.15. The average molecular weight is 267 g/mol. The number of amides is 1. The van der Waals surface area contributed by atoms with Crippen LogP contribution in [0.5, 0.6) is 5.75 Å². The highest BCUT2D eigenvalue weighted by Gasteiger charge is 2.09. The van der Waals surface area contributed by atoms with Gasteiger partial charge in [0.1, 0.15) is 18.8 Å². The first-order valence-electron chi connectivity index (χ1n) is 5.74. The molecule has 0 saturated heterocycles. The van der Waals surface area contributed by atoms with E-state index in [0.29, 0.717) is 24.7 Å². The zero-order valence-corrected chi connectivity index (χ0v) is 11.0. The maximum absolute atomic E-state index is 11.4. The summed E-state index contributed by atoms with van der Waals surface area (Å²) < 4.78 is 14.6. The maximum Gasteiger partial charge on any atom is 0.315 e. The first-order chi connectivity index (χ1) is 9.15. The number of hydrogen-bond acceptors (Lipinski definition) is 5. The lowest BCUT2D eigenvalue weighted by Crippen LogP contribution is -2.17. The number of anilines is 1. The molecule has 0 fully saturated rings. The average Bonchev–Trinajstić information content (AvgIpc) is 2.40. The van der Waals surface area contributed by atoms with Crippen molar-refractivity contribution in [1.29, 1.82) is 0 Å². The van der Waals surface area contributed by atoms with E-state index in [-0.39, 0.29) is 6.42 Å². The van der Waals surface area contributed by atoms with Crippen LogP contribution in [0.15, 0.2) is 24.3 Å². The van der Waals surface area contributed by atoms with Crippen LogP contribution in [0.1, 0.15) is 6.42 Å². The van der Waals surface area contributed by atoms with Crippen LogP contribution in [0, 0.1) is 0 Å². The Hall–Kier alpha value is -2.08. The summed E-state index contributed by atoms with van der Waals surface area (Å²) in [6.07, 6.45) is -0.303. The van der Waals surface area contributed by atoms with Crippen LogP contribution in [0.3, 0.4) is 0 Å². The number of rotatable bonds is 7. The van der Waals surface area contributed by atoms with Crippen molar-refractivity contribution in [2.24, 2.45) is 0 Å². The number of methoxy groups -OCH3 is 2.